The van der Waals surface area contributed by atoms with Gasteiger partial charge in [-0.1, -0.05) is 6.42 Å². The normalized spacial score (nSPS) is 32.3. The van der Waals surface area contributed by atoms with Gasteiger partial charge in [-0.15, -0.1) is 0 Å². The second-order valence-electron chi connectivity index (χ2n) is 6.60. The van der Waals surface area contributed by atoms with Gasteiger partial charge in [0.15, 0.2) is 5.41 Å². The minimum atomic E-state index is -1.35. The van der Waals surface area contributed by atoms with Crippen LogP contribution in [-0.4, -0.2) is 37.7 Å². The van der Waals surface area contributed by atoms with Crippen LogP contribution in [0.15, 0.2) is 0 Å². The van der Waals surface area contributed by atoms with E-state index < -0.39 is 22.8 Å². The molecule has 0 spiro atoms. The Labute approximate surface area is 137 Å². The van der Waals surface area contributed by atoms with Crippen LogP contribution in [0.4, 0.5) is 0 Å². The Balaban J connectivity index is 2.51. The molecule has 1 saturated heterocycles. The average molecular weight is 322 g/mol. The van der Waals surface area contributed by atoms with Gasteiger partial charge in [-0.25, -0.2) is 0 Å². The lowest BCUT2D eigenvalue weighted by Crippen LogP contribution is -2.62. The van der Waals surface area contributed by atoms with Crippen molar-refractivity contribution in [1.82, 2.24) is 5.32 Å². The number of carbonyl (C=O) groups excluding carboxylic acids is 2. The van der Waals surface area contributed by atoms with Gasteiger partial charge in [0, 0.05) is 18.5 Å². The van der Waals surface area contributed by atoms with Crippen LogP contribution in [0.1, 0.15) is 46.5 Å². The Kier molecular flexibility index (Phi) is 5.30. The lowest BCUT2D eigenvalue weighted by atomic mass is 9.52. The highest BCUT2D eigenvalue weighted by Gasteiger charge is 2.64. The Morgan fingerprint density at radius 1 is 1.22 bits per heavy atom. The summed E-state index contributed by atoms with van der Waals surface area (Å²) in [6.07, 6.45) is 2.31. The summed E-state index contributed by atoms with van der Waals surface area (Å²) in [6, 6.07) is 2.55. The number of nitrogens with one attached hydrogen (secondary N) is 1. The van der Waals surface area contributed by atoms with E-state index in [-0.39, 0.29) is 25.2 Å². The topological polar surface area (TPSA) is 88.4 Å². The first-order valence-electron chi connectivity index (χ1n) is 8.46. The van der Waals surface area contributed by atoms with E-state index in [2.05, 4.69) is 11.4 Å². The van der Waals surface area contributed by atoms with E-state index >= 15 is 0 Å². The first kappa shape index (κ1) is 17.7. The number of ether oxygens (including phenoxy) is 2. The zero-order valence-electron chi connectivity index (χ0n) is 14.2. The fraction of sp³-hybridized carbons (Fsp3) is 0.824. The number of carbonyl (C=O) groups is 2. The summed E-state index contributed by atoms with van der Waals surface area (Å²) < 4.78 is 10.5. The fourth-order valence-electron chi connectivity index (χ4n) is 4.20. The second kappa shape index (κ2) is 6.88. The molecule has 1 aliphatic heterocycles. The van der Waals surface area contributed by atoms with Crippen LogP contribution in [0.25, 0.3) is 0 Å². The fourth-order valence-corrected chi connectivity index (χ4v) is 4.20. The number of esters is 2. The number of rotatable bonds is 4. The van der Waals surface area contributed by atoms with Crippen molar-refractivity contribution in [3.8, 4) is 6.07 Å². The standard InChI is InChI=1S/C17H26N2O4/c1-4-22-14(20)17(15(21)23-5-2)8-6-7-16(10-18)11-19-12(3)9-13(16)17/h12-13,19H,4-9,11H2,1-3H3. The summed E-state index contributed by atoms with van der Waals surface area (Å²) in [7, 11) is 0. The van der Waals surface area contributed by atoms with Crippen LogP contribution in [0.5, 0.6) is 0 Å². The molecule has 0 amide bonds. The van der Waals surface area contributed by atoms with Crippen LogP contribution in [0.3, 0.4) is 0 Å². The number of fused-ring (bicyclic) bond motifs is 1. The van der Waals surface area contributed by atoms with E-state index in [1.165, 1.54) is 0 Å². The SMILES string of the molecule is CCOC(=O)C1(C(=O)OCC)CCCC2(C#N)CNC(C)CC21. The van der Waals surface area contributed by atoms with E-state index in [9.17, 15) is 14.9 Å². The summed E-state index contributed by atoms with van der Waals surface area (Å²) in [5.74, 6) is -1.43. The molecule has 6 nitrogen and oxygen atoms in total. The minimum absolute atomic E-state index is 0.141. The Morgan fingerprint density at radius 3 is 2.35 bits per heavy atom. The van der Waals surface area contributed by atoms with Gasteiger partial charge >= 0.3 is 11.9 Å². The summed E-state index contributed by atoms with van der Waals surface area (Å²) in [6.45, 7) is 6.37. The molecule has 2 aliphatic rings. The lowest BCUT2D eigenvalue weighted by molar-refractivity contribution is -0.187. The van der Waals surface area contributed by atoms with Gasteiger partial charge in [0.2, 0.25) is 0 Å². The molecule has 1 heterocycles. The van der Waals surface area contributed by atoms with Crippen molar-refractivity contribution in [2.75, 3.05) is 19.8 Å². The first-order valence-corrected chi connectivity index (χ1v) is 8.46. The maximum absolute atomic E-state index is 12.8. The Bertz CT molecular complexity index is 495. The monoisotopic (exact) mass is 322 g/mol. The van der Waals surface area contributed by atoms with Crippen LogP contribution in [0.2, 0.25) is 0 Å². The third-order valence-corrected chi connectivity index (χ3v) is 5.31. The van der Waals surface area contributed by atoms with Gasteiger partial charge in [-0.2, -0.15) is 5.26 Å². The second-order valence-corrected chi connectivity index (χ2v) is 6.60. The third kappa shape index (κ3) is 2.83. The van der Waals surface area contributed by atoms with Gasteiger partial charge in [-0.3, -0.25) is 9.59 Å². The van der Waals surface area contributed by atoms with Crippen LogP contribution in [-0.2, 0) is 19.1 Å². The predicted molar refractivity (Wildman–Crippen MR) is 83.2 cm³/mol. The highest BCUT2D eigenvalue weighted by Crippen LogP contribution is 2.55. The molecule has 23 heavy (non-hydrogen) atoms. The molecule has 1 aliphatic carbocycles. The first-order chi connectivity index (χ1) is 11.0. The molecule has 3 unspecified atom stereocenters. The number of nitrogens with zero attached hydrogens (tertiary/aromatic N) is 1. The highest BCUT2D eigenvalue weighted by molar-refractivity contribution is 6.01. The van der Waals surface area contributed by atoms with Crippen molar-refractivity contribution in [1.29, 1.82) is 5.26 Å². The molecule has 128 valence electrons. The van der Waals surface area contributed by atoms with Crippen molar-refractivity contribution in [3.63, 3.8) is 0 Å². The smallest absolute Gasteiger partial charge is 0.323 e. The maximum Gasteiger partial charge on any atom is 0.323 e. The maximum atomic E-state index is 12.8. The Hall–Kier alpha value is -1.61. The quantitative estimate of drug-likeness (QED) is 0.627. The summed E-state index contributed by atoms with van der Waals surface area (Å²) in [5.41, 5.74) is -2.07. The molecule has 1 N–H and O–H groups in total. The largest absolute Gasteiger partial charge is 0.465 e. The van der Waals surface area contributed by atoms with E-state index in [1.54, 1.807) is 13.8 Å². The molecule has 3 atom stereocenters. The molecular formula is C17H26N2O4. The van der Waals surface area contributed by atoms with E-state index in [0.29, 0.717) is 32.2 Å². The minimum Gasteiger partial charge on any atom is -0.465 e. The Morgan fingerprint density at radius 2 is 1.83 bits per heavy atom. The van der Waals surface area contributed by atoms with Gasteiger partial charge in [-0.05, 0) is 40.0 Å². The molecule has 0 aromatic heterocycles. The van der Waals surface area contributed by atoms with E-state index in [4.69, 9.17) is 9.47 Å². The van der Waals surface area contributed by atoms with Gasteiger partial charge < -0.3 is 14.8 Å². The molecule has 0 radical (unpaired) electrons. The van der Waals surface area contributed by atoms with Crippen LogP contribution in [0, 0.1) is 28.1 Å². The van der Waals surface area contributed by atoms with Crippen molar-refractivity contribution < 1.29 is 19.1 Å². The molecule has 0 bridgehead atoms. The van der Waals surface area contributed by atoms with Gasteiger partial charge in [0.1, 0.15) is 0 Å². The summed E-state index contributed by atoms with van der Waals surface area (Å²) >= 11 is 0. The number of piperidine rings is 1. The molecular weight excluding hydrogens is 296 g/mol. The summed E-state index contributed by atoms with van der Waals surface area (Å²) in [5, 5.41) is 13.2. The van der Waals surface area contributed by atoms with Crippen LogP contribution < -0.4 is 5.32 Å². The molecule has 6 heteroatoms. The highest BCUT2D eigenvalue weighted by atomic mass is 16.6. The van der Waals surface area contributed by atoms with E-state index in [0.717, 1.165) is 0 Å². The van der Waals surface area contributed by atoms with Gasteiger partial charge in [0.25, 0.3) is 0 Å². The number of nitriles is 1. The van der Waals surface area contributed by atoms with Crippen LogP contribution >= 0.6 is 0 Å². The van der Waals surface area contributed by atoms with Crippen molar-refractivity contribution in [2.45, 2.75) is 52.5 Å². The number of hydrogen-bond acceptors (Lipinski definition) is 6. The summed E-state index contributed by atoms with van der Waals surface area (Å²) in [4.78, 5) is 25.6. The zero-order valence-corrected chi connectivity index (χ0v) is 14.2. The zero-order chi connectivity index (χ0) is 17.1. The molecule has 2 rings (SSSR count). The van der Waals surface area contributed by atoms with Crippen molar-refractivity contribution in [2.24, 2.45) is 16.7 Å². The van der Waals surface area contributed by atoms with Crippen molar-refractivity contribution >= 4 is 11.9 Å². The molecule has 2 fully saturated rings. The lowest BCUT2D eigenvalue weighted by Gasteiger charge is -2.52. The molecule has 0 aromatic carbocycles. The molecule has 0 aromatic rings. The van der Waals surface area contributed by atoms with Crippen molar-refractivity contribution in [3.05, 3.63) is 0 Å². The number of hydrogen-bond donors (Lipinski definition) is 1. The third-order valence-electron chi connectivity index (χ3n) is 5.31. The van der Waals surface area contributed by atoms with Gasteiger partial charge in [0.05, 0.1) is 24.7 Å². The predicted octanol–water partition coefficient (Wildman–Crippen LogP) is 1.79. The molecule has 1 saturated carbocycles. The average Bonchev–Trinajstić information content (AvgIpc) is 2.54. The van der Waals surface area contributed by atoms with E-state index in [1.807, 2.05) is 6.92 Å².